The number of fused-ring (bicyclic) bond motifs is 1. The van der Waals surface area contributed by atoms with Gasteiger partial charge in [0.1, 0.15) is 5.58 Å². The number of hydrogen-bond donors (Lipinski definition) is 1. The van der Waals surface area contributed by atoms with Crippen LogP contribution in [0.2, 0.25) is 0 Å². The van der Waals surface area contributed by atoms with Gasteiger partial charge < -0.3 is 9.73 Å². The molecule has 1 aromatic carbocycles. The van der Waals surface area contributed by atoms with Gasteiger partial charge in [0.25, 0.3) is 5.91 Å². The zero-order chi connectivity index (χ0) is 15.5. The van der Waals surface area contributed by atoms with Gasteiger partial charge >= 0.3 is 5.63 Å². The summed E-state index contributed by atoms with van der Waals surface area (Å²) in [6.07, 6.45) is 1.68. The van der Waals surface area contributed by atoms with Crippen molar-refractivity contribution in [2.24, 2.45) is 0 Å². The van der Waals surface area contributed by atoms with Gasteiger partial charge in [0.2, 0.25) is 0 Å². The standard InChI is InChI=1S/C17H14N2O3/c1-11-8-16(20)22-15-9-12(5-6-14(11)15)17(21)19-10-13-4-2-3-7-18-13/h2-9H,10H2,1H3,(H,19,21). The molecule has 0 unspecified atom stereocenters. The molecule has 0 saturated heterocycles. The predicted octanol–water partition coefficient (Wildman–Crippen LogP) is 2.43. The number of carbonyl (C=O) groups is 1. The van der Waals surface area contributed by atoms with E-state index in [1.165, 1.54) is 6.07 Å². The van der Waals surface area contributed by atoms with Crippen molar-refractivity contribution in [2.45, 2.75) is 13.5 Å². The van der Waals surface area contributed by atoms with Crippen LogP contribution in [0.4, 0.5) is 0 Å². The summed E-state index contributed by atoms with van der Waals surface area (Å²) in [5.41, 5.74) is 2.04. The average Bonchev–Trinajstić information content (AvgIpc) is 2.53. The zero-order valence-electron chi connectivity index (χ0n) is 12.0. The monoisotopic (exact) mass is 294 g/mol. The highest BCUT2D eigenvalue weighted by Crippen LogP contribution is 2.18. The third kappa shape index (κ3) is 2.88. The molecule has 0 bridgehead atoms. The summed E-state index contributed by atoms with van der Waals surface area (Å²) in [4.78, 5) is 27.7. The minimum atomic E-state index is -0.420. The van der Waals surface area contributed by atoms with E-state index in [1.54, 1.807) is 24.4 Å². The van der Waals surface area contributed by atoms with Crippen molar-refractivity contribution in [3.63, 3.8) is 0 Å². The Bertz CT molecular complexity index is 885. The van der Waals surface area contributed by atoms with Crippen LogP contribution >= 0.6 is 0 Å². The van der Waals surface area contributed by atoms with Gasteiger partial charge in [-0.25, -0.2) is 4.79 Å². The molecule has 0 radical (unpaired) electrons. The van der Waals surface area contributed by atoms with Gasteiger partial charge in [0, 0.05) is 23.2 Å². The van der Waals surface area contributed by atoms with E-state index in [2.05, 4.69) is 10.3 Å². The van der Waals surface area contributed by atoms with E-state index in [1.807, 2.05) is 25.1 Å². The lowest BCUT2D eigenvalue weighted by atomic mass is 10.1. The Morgan fingerprint density at radius 1 is 1.23 bits per heavy atom. The highest BCUT2D eigenvalue weighted by molar-refractivity contribution is 5.97. The summed E-state index contributed by atoms with van der Waals surface area (Å²) in [7, 11) is 0. The Balaban J connectivity index is 1.83. The van der Waals surface area contributed by atoms with E-state index in [0.717, 1.165) is 16.6 Å². The maximum absolute atomic E-state index is 12.2. The Hall–Kier alpha value is -2.95. The van der Waals surface area contributed by atoms with Gasteiger partial charge in [0.05, 0.1) is 12.2 Å². The van der Waals surface area contributed by atoms with E-state index in [9.17, 15) is 9.59 Å². The van der Waals surface area contributed by atoms with E-state index in [0.29, 0.717) is 17.7 Å². The van der Waals surface area contributed by atoms with Crippen LogP contribution in [0.15, 0.2) is 57.9 Å². The van der Waals surface area contributed by atoms with Crippen molar-refractivity contribution in [3.05, 3.63) is 75.9 Å². The highest BCUT2D eigenvalue weighted by Gasteiger charge is 2.09. The first-order valence-corrected chi connectivity index (χ1v) is 6.86. The van der Waals surface area contributed by atoms with Gasteiger partial charge in [-0.05, 0) is 36.8 Å². The van der Waals surface area contributed by atoms with E-state index >= 15 is 0 Å². The minimum Gasteiger partial charge on any atom is -0.423 e. The topological polar surface area (TPSA) is 72.2 Å². The quantitative estimate of drug-likeness (QED) is 0.753. The van der Waals surface area contributed by atoms with Crippen LogP contribution in [0.3, 0.4) is 0 Å². The second kappa shape index (κ2) is 5.81. The molecule has 22 heavy (non-hydrogen) atoms. The Labute approximate surface area is 126 Å². The first kappa shape index (κ1) is 14.0. The van der Waals surface area contributed by atoms with E-state index in [4.69, 9.17) is 4.42 Å². The van der Waals surface area contributed by atoms with Crippen LogP contribution in [-0.2, 0) is 6.54 Å². The number of nitrogens with one attached hydrogen (secondary N) is 1. The fourth-order valence-electron chi connectivity index (χ4n) is 2.24. The molecule has 0 spiro atoms. The second-order valence-electron chi connectivity index (χ2n) is 4.96. The van der Waals surface area contributed by atoms with Crippen LogP contribution in [0.25, 0.3) is 11.0 Å². The molecule has 5 heteroatoms. The fraction of sp³-hybridized carbons (Fsp3) is 0.118. The summed E-state index contributed by atoms with van der Waals surface area (Å²) in [5.74, 6) is -0.239. The molecule has 3 rings (SSSR count). The summed E-state index contributed by atoms with van der Waals surface area (Å²) in [5, 5.41) is 3.61. The molecule has 3 aromatic rings. The maximum atomic E-state index is 12.2. The molecule has 110 valence electrons. The number of carbonyl (C=O) groups excluding carboxylic acids is 1. The van der Waals surface area contributed by atoms with Crippen molar-refractivity contribution >= 4 is 16.9 Å². The van der Waals surface area contributed by atoms with Crippen molar-refractivity contribution in [1.29, 1.82) is 0 Å². The average molecular weight is 294 g/mol. The first-order chi connectivity index (χ1) is 10.6. The number of rotatable bonds is 3. The number of nitrogens with zero attached hydrogens (tertiary/aromatic N) is 1. The van der Waals surface area contributed by atoms with Crippen LogP contribution in [0.5, 0.6) is 0 Å². The molecule has 0 atom stereocenters. The second-order valence-corrected chi connectivity index (χ2v) is 4.96. The van der Waals surface area contributed by atoms with Gasteiger partial charge in [-0.1, -0.05) is 12.1 Å². The number of benzene rings is 1. The first-order valence-electron chi connectivity index (χ1n) is 6.86. The molecule has 2 aromatic heterocycles. The van der Waals surface area contributed by atoms with Crippen molar-refractivity contribution in [2.75, 3.05) is 0 Å². The smallest absolute Gasteiger partial charge is 0.336 e. The van der Waals surface area contributed by atoms with Gasteiger partial charge in [-0.15, -0.1) is 0 Å². The van der Waals surface area contributed by atoms with Gasteiger partial charge in [0.15, 0.2) is 0 Å². The number of aromatic nitrogens is 1. The lowest BCUT2D eigenvalue weighted by Gasteiger charge is -2.06. The predicted molar refractivity (Wildman–Crippen MR) is 82.6 cm³/mol. The fourth-order valence-corrected chi connectivity index (χ4v) is 2.24. The summed E-state index contributed by atoms with van der Waals surface area (Å²) >= 11 is 0. The molecule has 0 aliphatic rings. The maximum Gasteiger partial charge on any atom is 0.336 e. The molecular formula is C17H14N2O3. The number of pyridine rings is 1. The van der Waals surface area contributed by atoms with Gasteiger partial charge in [-0.3, -0.25) is 9.78 Å². The molecule has 2 heterocycles. The molecule has 0 aliphatic carbocycles. The number of amides is 1. The van der Waals surface area contributed by atoms with Crippen molar-refractivity contribution < 1.29 is 9.21 Å². The molecule has 1 N–H and O–H groups in total. The highest BCUT2D eigenvalue weighted by atomic mass is 16.4. The lowest BCUT2D eigenvalue weighted by molar-refractivity contribution is 0.0950. The summed E-state index contributed by atoms with van der Waals surface area (Å²) in [6, 6.07) is 12.0. The Morgan fingerprint density at radius 2 is 2.09 bits per heavy atom. The van der Waals surface area contributed by atoms with Crippen LogP contribution in [0.1, 0.15) is 21.6 Å². The molecule has 0 fully saturated rings. The SMILES string of the molecule is Cc1cc(=O)oc2cc(C(=O)NCc3ccccn3)ccc12. The summed E-state index contributed by atoms with van der Waals surface area (Å²) in [6.45, 7) is 2.18. The number of hydrogen-bond acceptors (Lipinski definition) is 4. The molecule has 5 nitrogen and oxygen atoms in total. The zero-order valence-corrected chi connectivity index (χ0v) is 12.0. The van der Waals surface area contributed by atoms with Crippen LogP contribution in [0, 0.1) is 6.92 Å². The molecular weight excluding hydrogens is 280 g/mol. The third-order valence-corrected chi connectivity index (χ3v) is 3.37. The van der Waals surface area contributed by atoms with Crippen molar-refractivity contribution in [1.82, 2.24) is 10.3 Å². The molecule has 0 aliphatic heterocycles. The Morgan fingerprint density at radius 3 is 2.86 bits per heavy atom. The van der Waals surface area contributed by atoms with Crippen molar-refractivity contribution in [3.8, 4) is 0 Å². The summed E-state index contributed by atoms with van der Waals surface area (Å²) < 4.78 is 5.15. The number of aryl methyl sites for hydroxylation is 1. The van der Waals surface area contributed by atoms with E-state index in [-0.39, 0.29) is 5.91 Å². The largest absolute Gasteiger partial charge is 0.423 e. The minimum absolute atomic E-state index is 0.239. The molecule has 0 saturated carbocycles. The van der Waals surface area contributed by atoms with Gasteiger partial charge in [-0.2, -0.15) is 0 Å². The van der Waals surface area contributed by atoms with E-state index < -0.39 is 5.63 Å². The van der Waals surface area contributed by atoms with Crippen LogP contribution < -0.4 is 10.9 Å². The normalized spacial score (nSPS) is 10.6. The lowest BCUT2D eigenvalue weighted by Crippen LogP contribution is -2.23. The molecule has 1 amide bonds. The van der Waals surface area contributed by atoms with Crippen LogP contribution in [-0.4, -0.2) is 10.9 Å². The third-order valence-electron chi connectivity index (χ3n) is 3.37. The Kier molecular flexibility index (Phi) is 3.70.